The molecule has 0 bridgehead atoms. The zero-order valence-electron chi connectivity index (χ0n) is 4.16. The normalized spacial score (nSPS) is 12.2. The monoisotopic (exact) mass is 88.1 g/mol. The molecule has 0 aromatic heterocycles. The van der Waals surface area contributed by atoms with Crippen LogP contribution in [0.25, 0.3) is 0 Å². The van der Waals surface area contributed by atoms with Crippen LogP contribution in [0.4, 0.5) is 4.39 Å². The van der Waals surface area contributed by atoms with Gasteiger partial charge >= 0.3 is 0 Å². The number of hydrogen-bond donors (Lipinski definition) is 0. The molecular weight excluding hydrogens is 79.1 g/mol. The van der Waals surface area contributed by atoms with Crippen LogP contribution in [0.15, 0.2) is 11.9 Å². The van der Waals surface area contributed by atoms with Crippen LogP contribution >= 0.6 is 0 Å². The first kappa shape index (κ1) is 5.67. The number of allylic oxidation sites excluding steroid dienone is 1. The van der Waals surface area contributed by atoms with Crippen LogP contribution in [0.1, 0.15) is 20.3 Å². The number of rotatable bonds is 1. The molecule has 0 atom stereocenters. The van der Waals surface area contributed by atoms with Crippen LogP contribution in [0.3, 0.4) is 0 Å². The van der Waals surface area contributed by atoms with E-state index in [0.717, 1.165) is 12.0 Å². The maximum atomic E-state index is 11.2. The molecule has 0 N–H and O–H groups in total. The van der Waals surface area contributed by atoms with Gasteiger partial charge in [-0.1, -0.05) is 6.92 Å². The highest BCUT2D eigenvalue weighted by Gasteiger charge is 1.76. The number of halogens is 1. The molecule has 6 heavy (non-hydrogen) atoms. The van der Waals surface area contributed by atoms with Gasteiger partial charge in [0.05, 0.1) is 6.33 Å². The molecule has 0 aliphatic carbocycles. The lowest BCUT2D eigenvalue weighted by molar-refractivity contribution is 0.703. The summed E-state index contributed by atoms with van der Waals surface area (Å²) in [4.78, 5) is 0. The summed E-state index contributed by atoms with van der Waals surface area (Å²) >= 11 is 0. The van der Waals surface area contributed by atoms with Crippen LogP contribution in [0, 0.1) is 0 Å². The Kier molecular flexibility index (Phi) is 2.73. The molecule has 0 radical (unpaired) electrons. The molecule has 36 valence electrons. The Morgan fingerprint density at radius 3 is 2.33 bits per heavy atom. The van der Waals surface area contributed by atoms with Crippen molar-refractivity contribution >= 4 is 0 Å². The second-order valence-corrected chi connectivity index (χ2v) is 1.31. The summed E-state index contributed by atoms with van der Waals surface area (Å²) in [6.45, 7) is 3.69. The molecule has 0 fully saturated rings. The minimum absolute atomic E-state index is 0.639. The average molecular weight is 88.1 g/mol. The summed E-state index contributed by atoms with van der Waals surface area (Å²) < 4.78 is 11.2. The van der Waals surface area contributed by atoms with Crippen molar-refractivity contribution in [3.05, 3.63) is 11.9 Å². The van der Waals surface area contributed by atoms with Crippen molar-refractivity contribution in [1.29, 1.82) is 0 Å². The summed E-state index contributed by atoms with van der Waals surface area (Å²) in [5, 5.41) is 0. The van der Waals surface area contributed by atoms with Crippen LogP contribution < -0.4 is 0 Å². The van der Waals surface area contributed by atoms with Gasteiger partial charge in [-0.15, -0.1) is 0 Å². The second kappa shape index (κ2) is 2.88. The van der Waals surface area contributed by atoms with E-state index in [0.29, 0.717) is 6.33 Å². The van der Waals surface area contributed by atoms with Gasteiger partial charge < -0.3 is 0 Å². The molecular formula is C5H9F. The lowest BCUT2D eigenvalue weighted by atomic mass is 10.3. The van der Waals surface area contributed by atoms with Gasteiger partial charge in [0.15, 0.2) is 0 Å². The second-order valence-electron chi connectivity index (χ2n) is 1.31. The van der Waals surface area contributed by atoms with Crippen LogP contribution in [-0.4, -0.2) is 0 Å². The first-order chi connectivity index (χ1) is 2.81. The van der Waals surface area contributed by atoms with Crippen molar-refractivity contribution in [1.82, 2.24) is 0 Å². The minimum Gasteiger partial charge on any atom is -0.216 e. The Bertz CT molecular complexity index is 55.0. The highest BCUT2D eigenvalue weighted by Crippen LogP contribution is 1.95. The smallest absolute Gasteiger partial charge is 0.0856 e. The molecule has 0 spiro atoms. The van der Waals surface area contributed by atoms with E-state index in [-0.39, 0.29) is 0 Å². The van der Waals surface area contributed by atoms with Crippen molar-refractivity contribution in [3.8, 4) is 0 Å². The lowest BCUT2D eigenvalue weighted by Gasteiger charge is -1.82. The molecule has 0 aliphatic heterocycles. The van der Waals surface area contributed by atoms with E-state index in [1.165, 1.54) is 0 Å². The van der Waals surface area contributed by atoms with Crippen molar-refractivity contribution in [3.63, 3.8) is 0 Å². The summed E-state index contributed by atoms with van der Waals surface area (Å²) in [5.74, 6) is 0. The van der Waals surface area contributed by atoms with Crippen LogP contribution in [-0.2, 0) is 0 Å². The average Bonchev–Trinajstić information content (AvgIpc) is 1.65. The maximum absolute atomic E-state index is 11.2. The van der Waals surface area contributed by atoms with E-state index in [9.17, 15) is 4.39 Å². The number of hydrogen-bond acceptors (Lipinski definition) is 0. The molecule has 0 amide bonds. The van der Waals surface area contributed by atoms with Crippen LogP contribution in [0.5, 0.6) is 0 Å². The van der Waals surface area contributed by atoms with E-state index in [4.69, 9.17) is 0 Å². The third-order valence-corrected chi connectivity index (χ3v) is 0.744. The molecule has 1 heteroatoms. The van der Waals surface area contributed by atoms with E-state index in [1.807, 2.05) is 6.92 Å². The molecule has 0 aliphatic rings. The molecule has 0 aromatic carbocycles. The van der Waals surface area contributed by atoms with Crippen molar-refractivity contribution < 1.29 is 4.39 Å². The Hall–Kier alpha value is -0.330. The van der Waals surface area contributed by atoms with Gasteiger partial charge in [-0.2, -0.15) is 0 Å². The first-order valence-corrected chi connectivity index (χ1v) is 2.07. The zero-order chi connectivity index (χ0) is 4.99. The minimum atomic E-state index is 0.639. The highest BCUT2D eigenvalue weighted by atomic mass is 19.1. The third-order valence-electron chi connectivity index (χ3n) is 0.744. The quantitative estimate of drug-likeness (QED) is 0.461. The highest BCUT2D eigenvalue weighted by molar-refractivity contribution is 4.89. The molecule has 0 saturated heterocycles. The van der Waals surface area contributed by atoms with Gasteiger partial charge in [0.25, 0.3) is 0 Å². The molecule has 0 saturated carbocycles. The third kappa shape index (κ3) is 1.94. The molecule has 0 rings (SSSR count). The Labute approximate surface area is 37.7 Å². The predicted octanol–water partition coefficient (Wildman–Crippen LogP) is 2.27. The Balaban J connectivity index is 3.22. The van der Waals surface area contributed by atoms with Crippen molar-refractivity contribution in [2.45, 2.75) is 20.3 Å². The van der Waals surface area contributed by atoms with E-state index >= 15 is 0 Å². The lowest BCUT2D eigenvalue weighted by Crippen LogP contribution is -1.63. The van der Waals surface area contributed by atoms with Crippen molar-refractivity contribution in [2.24, 2.45) is 0 Å². The van der Waals surface area contributed by atoms with Gasteiger partial charge in [0.2, 0.25) is 0 Å². The molecule has 0 aromatic rings. The van der Waals surface area contributed by atoms with Gasteiger partial charge in [0, 0.05) is 0 Å². The summed E-state index contributed by atoms with van der Waals surface area (Å²) in [5.41, 5.74) is 0.801. The van der Waals surface area contributed by atoms with Gasteiger partial charge in [-0.3, -0.25) is 0 Å². The topological polar surface area (TPSA) is 0 Å². The summed E-state index contributed by atoms with van der Waals surface area (Å²) in [6.07, 6.45) is 1.45. The molecule has 0 heterocycles. The van der Waals surface area contributed by atoms with E-state index in [2.05, 4.69) is 0 Å². The maximum Gasteiger partial charge on any atom is 0.0856 e. The SMILES string of the molecule is CC/C(C)=C\F. The standard InChI is InChI=1S/C5H9F/c1-3-5(2)4-6/h4H,3H2,1-2H3/b5-4-. The Morgan fingerprint density at radius 2 is 2.33 bits per heavy atom. The van der Waals surface area contributed by atoms with E-state index < -0.39 is 0 Å². The fourth-order valence-corrected chi connectivity index (χ4v) is 0.0772. The first-order valence-electron chi connectivity index (χ1n) is 2.07. The zero-order valence-corrected chi connectivity index (χ0v) is 4.16. The molecule has 0 unspecified atom stereocenters. The Morgan fingerprint density at radius 1 is 1.83 bits per heavy atom. The van der Waals surface area contributed by atoms with Gasteiger partial charge in [-0.05, 0) is 18.9 Å². The summed E-state index contributed by atoms with van der Waals surface area (Å²) in [6, 6.07) is 0. The predicted molar refractivity (Wildman–Crippen MR) is 25.2 cm³/mol. The fourth-order valence-electron chi connectivity index (χ4n) is 0.0772. The van der Waals surface area contributed by atoms with Crippen molar-refractivity contribution in [2.75, 3.05) is 0 Å². The van der Waals surface area contributed by atoms with Gasteiger partial charge in [-0.25, -0.2) is 4.39 Å². The van der Waals surface area contributed by atoms with E-state index in [1.54, 1.807) is 6.92 Å². The largest absolute Gasteiger partial charge is 0.216 e. The molecule has 0 nitrogen and oxygen atoms in total. The fraction of sp³-hybridized carbons (Fsp3) is 0.600. The van der Waals surface area contributed by atoms with Crippen LogP contribution in [0.2, 0.25) is 0 Å². The van der Waals surface area contributed by atoms with Gasteiger partial charge in [0.1, 0.15) is 0 Å². The summed E-state index contributed by atoms with van der Waals surface area (Å²) in [7, 11) is 0.